The van der Waals surface area contributed by atoms with E-state index in [1.54, 1.807) is 60.7 Å². The van der Waals surface area contributed by atoms with Gasteiger partial charge < -0.3 is 10.6 Å². The lowest BCUT2D eigenvalue weighted by Crippen LogP contribution is -2.31. The first kappa shape index (κ1) is 24.2. The highest BCUT2D eigenvalue weighted by Gasteiger charge is 2.48. The van der Waals surface area contributed by atoms with Crippen molar-refractivity contribution in [3.63, 3.8) is 0 Å². The summed E-state index contributed by atoms with van der Waals surface area (Å²) in [4.78, 5) is 52.6. The van der Waals surface area contributed by atoms with E-state index >= 15 is 0 Å². The van der Waals surface area contributed by atoms with E-state index < -0.39 is 0 Å². The SMILES string of the molecule is CC1=CC[C@H]2C(=O)N(c3cccc(C(=O)Nc4ccc(NC(=O)c5ccc(C)cc5)cc4)c3)C(=O)[C@H]2C1. The Balaban J connectivity index is 1.25. The Hall–Kier alpha value is -4.52. The zero-order chi connectivity index (χ0) is 26.1. The molecule has 0 spiro atoms. The average Bonchev–Trinajstić information content (AvgIpc) is 3.14. The van der Waals surface area contributed by atoms with E-state index in [0.29, 0.717) is 41.0 Å². The Morgan fingerprint density at radius 2 is 1.35 bits per heavy atom. The summed E-state index contributed by atoms with van der Waals surface area (Å²) in [7, 11) is 0. The highest BCUT2D eigenvalue weighted by Crippen LogP contribution is 2.39. The van der Waals surface area contributed by atoms with Gasteiger partial charge in [0.2, 0.25) is 11.8 Å². The predicted octanol–water partition coefficient (Wildman–Crippen LogP) is 5.35. The molecule has 2 N–H and O–H groups in total. The Labute approximate surface area is 215 Å². The van der Waals surface area contributed by atoms with Gasteiger partial charge in [0.05, 0.1) is 17.5 Å². The van der Waals surface area contributed by atoms with Crippen molar-refractivity contribution in [1.82, 2.24) is 0 Å². The minimum absolute atomic E-state index is 0.205. The summed E-state index contributed by atoms with van der Waals surface area (Å²) in [5, 5.41) is 5.66. The van der Waals surface area contributed by atoms with Crippen LogP contribution in [0.2, 0.25) is 0 Å². The third-order valence-corrected chi connectivity index (χ3v) is 6.90. The van der Waals surface area contributed by atoms with Crippen LogP contribution in [0.25, 0.3) is 0 Å². The first-order valence-electron chi connectivity index (χ1n) is 12.2. The van der Waals surface area contributed by atoms with Gasteiger partial charge in [-0.3, -0.25) is 24.1 Å². The molecule has 1 aliphatic carbocycles. The van der Waals surface area contributed by atoms with Crippen LogP contribution < -0.4 is 15.5 Å². The van der Waals surface area contributed by atoms with Gasteiger partial charge in [0.15, 0.2) is 0 Å². The maximum atomic E-state index is 13.0. The molecule has 0 aromatic heterocycles. The van der Waals surface area contributed by atoms with Crippen LogP contribution >= 0.6 is 0 Å². The van der Waals surface area contributed by atoms with Gasteiger partial charge in [0, 0.05) is 22.5 Å². The molecule has 0 radical (unpaired) electrons. The average molecular weight is 494 g/mol. The van der Waals surface area contributed by atoms with Crippen LogP contribution in [0, 0.1) is 18.8 Å². The molecule has 1 heterocycles. The second kappa shape index (κ2) is 9.85. The van der Waals surface area contributed by atoms with E-state index in [2.05, 4.69) is 10.6 Å². The van der Waals surface area contributed by atoms with Crippen LogP contribution in [0.3, 0.4) is 0 Å². The fourth-order valence-electron chi connectivity index (χ4n) is 4.83. The summed E-state index contributed by atoms with van der Waals surface area (Å²) in [5.41, 5.74) is 4.64. The fourth-order valence-corrected chi connectivity index (χ4v) is 4.83. The highest BCUT2D eigenvalue weighted by atomic mass is 16.2. The second-order valence-corrected chi connectivity index (χ2v) is 9.62. The summed E-state index contributed by atoms with van der Waals surface area (Å²) in [5.74, 6) is -1.67. The summed E-state index contributed by atoms with van der Waals surface area (Å²) in [6.07, 6.45) is 3.19. The molecule has 0 bridgehead atoms. The van der Waals surface area contributed by atoms with Crippen molar-refractivity contribution in [3.05, 3.63) is 101 Å². The predicted molar refractivity (Wildman–Crippen MR) is 142 cm³/mol. The lowest BCUT2D eigenvalue weighted by molar-refractivity contribution is -0.122. The molecule has 3 aromatic rings. The van der Waals surface area contributed by atoms with Crippen molar-refractivity contribution < 1.29 is 19.2 Å². The molecule has 2 atom stereocenters. The number of hydrogen-bond acceptors (Lipinski definition) is 4. The molecule has 0 saturated carbocycles. The number of carbonyl (C=O) groups excluding carboxylic acids is 4. The number of carbonyl (C=O) groups is 4. The first-order valence-corrected chi connectivity index (χ1v) is 12.2. The van der Waals surface area contributed by atoms with Crippen LogP contribution in [0.15, 0.2) is 84.4 Å². The summed E-state index contributed by atoms with van der Waals surface area (Å²) in [6, 6.07) is 20.6. The number of imide groups is 1. The van der Waals surface area contributed by atoms with Crippen LogP contribution in [0.1, 0.15) is 46.0 Å². The molecule has 186 valence electrons. The van der Waals surface area contributed by atoms with Gasteiger partial charge in [0.25, 0.3) is 11.8 Å². The molecule has 4 amide bonds. The van der Waals surface area contributed by atoms with Crippen molar-refractivity contribution in [3.8, 4) is 0 Å². The highest BCUT2D eigenvalue weighted by molar-refractivity contribution is 6.22. The van der Waals surface area contributed by atoms with Gasteiger partial charge in [-0.15, -0.1) is 0 Å². The number of nitrogens with one attached hydrogen (secondary N) is 2. The van der Waals surface area contributed by atoms with Crippen molar-refractivity contribution >= 4 is 40.7 Å². The molecule has 3 aromatic carbocycles. The molecular weight excluding hydrogens is 466 g/mol. The monoisotopic (exact) mass is 493 g/mol. The van der Waals surface area contributed by atoms with Gasteiger partial charge in [0.1, 0.15) is 0 Å². The molecule has 1 fully saturated rings. The maximum absolute atomic E-state index is 13.0. The van der Waals surface area contributed by atoms with E-state index in [1.807, 2.05) is 32.1 Å². The second-order valence-electron chi connectivity index (χ2n) is 9.62. The maximum Gasteiger partial charge on any atom is 0.255 e. The molecule has 0 unspecified atom stereocenters. The Kier molecular flexibility index (Phi) is 6.44. The third-order valence-electron chi connectivity index (χ3n) is 6.90. The van der Waals surface area contributed by atoms with E-state index in [1.165, 1.54) is 4.90 Å². The molecule has 37 heavy (non-hydrogen) atoms. The molecule has 7 heteroatoms. The number of anilines is 3. The number of rotatable bonds is 5. The van der Waals surface area contributed by atoms with Crippen LogP contribution in [0.4, 0.5) is 17.1 Å². The first-order chi connectivity index (χ1) is 17.8. The number of allylic oxidation sites excluding steroid dienone is 2. The summed E-state index contributed by atoms with van der Waals surface area (Å²) < 4.78 is 0. The minimum Gasteiger partial charge on any atom is -0.322 e. The van der Waals surface area contributed by atoms with Crippen molar-refractivity contribution in [2.45, 2.75) is 26.7 Å². The molecule has 1 saturated heterocycles. The van der Waals surface area contributed by atoms with Crippen molar-refractivity contribution in [1.29, 1.82) is 0 Å². The molecule has 7 nitrogen and oxygen atoms in total. The standard InChI is InChI=1S/C30H27N3O4/c1-18-6-9-20(10-7-18)27(34)31-22-11-13-23(14-12-22)32-28(35)21-4-3-5-24(17-21)33-29(36)25-15-8-19(2)16-26(25)30(33)37/h3-14,17,25-26H,15-16H2,1-2H3,(H,31,34)(H,32,35)/t25-,26+/m1/s1. The Morgan fingerprint density at radius 3 is 2.00 bits per heavy atom. The molecular formula is C30H27N3O4. The largest absolute Gasteiger partial charge is 0.322 e. The Bertz CT molecular complexity index is 1420. The molecule has 5 rings (SSSR count). The number of amides is 4. The third kappa shape index (κ3) is 4.93. The molecule has 2 aliphatic rings. The van der Waals surface area contributed by atoms with E-state index in [4.69, 9.17) is 0 Å². The number of hydrogen-bond donors (Lipinski definition) is 2. The van der Waals surface area contributed by atoms with E-state index in [-0.39, 0.29) is 35.5 Å². The van der Waals surface area contributed by atoms with Crippen molar-refractivity contribution in [2.75, 3.05) is 15.5 Å². The van der Waals surface area contributed by atoms with Gasteiger partial charge in [-0.25, -0.2) is 0 Å². The minimum atomic E-state index is -0.368. The zero-order valence-corrected chi connectivity index (χ0v) is 20.7. The van der Waals surface area contributed by atoms with Gasteiger partial charge in [-0.1, -0.05) is 35.4 Å². The van der Waals surface area contributed by atoms with Crippen LogP contribution in [0.5, 0.6) is 0 Å². The van der Waals surface area contributed by atoms with Crippen LogP contribution in [-0.4, -0.2) is 23.6 Å². The van der Waals surface area contributed by atoms with Crippen LogP contribution in [-0.2, 0) is 9.59 Å². The zero-order valence-electron chi connectivity index (χ0n) is 20.7. The van der Waals surface area contributed by atoms with E-state index in [9.17, 15) is 19.2 Å². The Morgan fingerprint density at radius 1 is 0.757 bits per heavy atom. The van der Waals surface area contributed by atoms with Gasteiger partial charge in [-0.05, 0) is 81.3 Å². The van der Waals surface area contributed by atoms with Crippen molar-refractivity contribution in [2.24, 2.45) is 11.8 Å². The normalized spacial score (nSPS) is 18.8. The lowest BCUT2D eigenvalue weighted by atomic mass is 9.82. The summed E-state index contributed by atoms with van der Waals surface area (Å²) in [6.45, 7) is 3.94. The lowest BCUT2D eigenvalue weighted by Gasteiger charge is -2.18. The van der Waals surface area contributed by atoms with Gasteiger partial charge in [-0.2, -0.15) is 0 Å². The number of aryl methyl sites for hydroxylation is 1. The fraction of sp³-hybridized carbons (Fsp3) is 0.200. The van der Waals surface area contributed by atoms with E-state index in [0.717, 1.165) is 11.1 Å². The quantitative estimate of drug-likeness (QED) is 0.370. The summed E-state index contributed by atoms with van der Waals surface area (Å²) >= 11 is 0. The number of nitrogens with zero attached hydrogens (tertiary/aromatic N) is 1. The number of benzene rings is 3. The number of fused-ring (bicyclic) bond motifs is 1. The smallest absolute Gasteiger partial charge is 0.255 e. The van der Waals surface area contributed by atoms with Gasteiger partial charge >= 0.3 is 0 Å². The molecule has 1 aliphatic heterocycles. The topological polar surface area (TPSA) is 95.6 Å².